The maximum atomic E-state index is 13.1. The molecular formula is C13H20FN3O2S. The zero-order chi connectivity index (χ0) is 15.1. The largest absolute Gasteiger partial charge is 0.398 e. The molecule has 1 heterocycles. The molecule has 2 N–H and O–H groups in total. The van der Waals surface area contributed by atoms with Crippen LogP contribution in [0.15, 0.2) is 23.1 Å². The van der Waals surface area contributed by atoms with Crippen LogP contribution in [0.4, 0.5) is 10.1 Å². The van der Waals surface area contributed by atoms with Crippen molar-refractivity contribution in [3.63, 3.8) is 0 Å². The minimum absolute atomic E-state index is 0.0285. The molecule has 112 valence electrons. The number of hydrogen-bond acceptors (Lipinski definition) is 4. The maximum absolute atomic E-state index is 13.1. The van der Waals surface area contributed by atoms with Gasteiger partial charge in [-0.05, 0) is 39.1 Å². The van der Waals surface area contributed by atoms with E-state index < -0.39 is 15.8 Å². The van der Waals surface area contributed by atoms with Gasteiger partial charge in [0.1, 0.15) is 10.7 Å². The minimum atomic E-state index is -3.69. The van der Waals surface area contributed by atoms with Crippen molar-refractivity contribution in [2.24, 2.45) is 0 Å². The lowest BCUT2D eigenvalue weighted by atomic mass is 10.0. The Balaban J connectivity index is 2.36. The fraction of sp³-hybridized carbons (Fsp3) is 0.538. The molecular weight excluding hydrogens is 281 g/mol. The highest BCUT2D eigenvalue weighted by atomic mass is 32.2. The number of rotatable bonds is 2. The van der Waals surface area contributed by atoms with Gasteiger partial charge in [0, 0.05) is 25.2 Å². The van der Waals surface area contributed by atoms with Crippen LogP contribution in [0, 0.1) is 5.82 Å². The Labute approximate surface area is 119 Å². The molecule has 1 fully saturated rings. The number of nitrogens with two attached hydrogens (primary N) is 1. The van der Waals surface area contributed by atoms with E-state index in [0.29, 0.717) is 19.6 Å². The summed E-state index contributed by atoms with van der Waals surface area (Å²) in [6.45, 7) is 5.40. The number of benzene rings is 1. The van der Waals surface area contributed by atoms with Crippen molar-refractivity contribution in [1.29, 1.82) is 0 Å². The Morgan fingerprint density at radius 1 is 1.30 bits per heavy atom. The Morgan fingerprint density at radius 2 is 1.95 bits per heavy atom. The third kappa shape index (κ3) is 2.65. The van der Waals surface area contributed by atoms with E-state index in [-0.39, 0.29) is 16.1 Å². The van der Waals surface area contributed by atoms with E-state index in [1.54, 1.807) is 0 Å². The van der Waals surface area contributed by atoms with Gasteiger partial charge in [0.15, 0.2) is 0 Å². The summed E-state index contributed by atoms with van der Waals surface area (Å²) in [5.41, 5.74) is 5.35. The quantitative estimate of drug-likeness (QED) is 0.831. The normalized spacial score (nSPS) is 21.0. The second-order valence-electron chi connectivity index (χ2n) is 5.75. The fourth-order valence-corrected chi connectivity index (χ4v) is 3.98. The summed E-state index contributed by atoms with van der Waals surface area (Å²) in [6, 6.07) is 3.38. The molecule has 0 radical (unpaired) electrons. The van der Waals surface area contributed by atoms with Crippen LogP contribution >= 0.6 is 0 Å². The summed E-state index contributed by atoms with van der Waals surface area (Å²) >= 11 is 0. The van der Waals surface area contributed by atoms with Crippen molar-refractivity contribution >= 4 is 15.7 Å². The van der Waals surface area contributed by atoms with Gasteiger partial charge in [-0.1, -0.05) is 0 Å². The van der Waals surface area contributed by atoms with Gasteiger partial charge in [0.05, 0.1) is 5.69 Å². The Bertz CT molecular complexity index is 616. The third-order valence-electron chi connectivity index (χ3n) is 3.87. The van der Waals surface area contributed by atoms with Crippen LogP contribution in [0.25, 0.3) is 0 Å². The molecule has 0 amide bonds. The van der Waals surface area contributed by atoms with Gasteiger partial charge in [0.2, 0.25) is 10.0 Å². The highest BCUT2D eigenvalue weighted by Crippen LogP contribution is 2.27. The fourth-order valence-electron chi connectivity index (χ4n) is 2.29. The van der Waals surface area contributed by atoms with Crippen molar-refractivity contribution in [2.75, 3.05) is 32.4 Å². The molecule has 1 aromatic rings. The first-order valence-electron chi connectivity index (χ1n) is 6.41. The summed E-state index contributed by atoms with van der Waals surface area (Å²) in [7, 11) is -1.72. The zero-order valence-corrected chi connectivity index (χ0v) is 12.7. The van der Waals surface area contributed by atoms with E-state index in [0.717, 1.165) is 12.1 Å². The van der Waals surface area contributed by atoms with Crippen LogP contribution in [-0.2, 0) is 10.0 Å². The van der Waals surface area contributed by atoms with Crippen LogP contribution in [0.3, 0.4) is 0 Å². The van der Waals surface area contributed by atoms with E-state index in [2.05, 4.69) is 4.90 Å². The van der Waals surface area contributed by atoms with Crippen molar-refractivity contribution < 1.29 is 12.8 Å². The van der Waals surface area contributed by atoms with Crippen LogP contribution < -0.4 is 5.73 Å². The molecule has 1 aromatic carbocycles. The molecule has 2 rings (SSSR count). The molecule has 0 spiro atoms. The minimum Gasteiger partial charge on any atom is -0.398 e. The van der Waals surface area contributed by atoms with Gasteiger partial charge in [0.25, 0.3) is 0 Å². The Hall–Kier alpha value is -1.18. The first-order chi connectivity index (χ1) is 9.14. The lowest BCUT2D eigenvalue weighted by Crippen LogP contribution is -2.58. The lowest BCUT2D eigenvalue weighted by molar-refractivity contribution is 0.0802. The zero-order valence-electron chi connectivity index (χ0n) is 11.9. The number of halogens is 1. The number of nitrogen functional groups attached to an aromatic ring is 1. The van der Waals surface area contributed by atoms with Crippen LogP contribution in [0.5, 0.6) is 0 Å². The van der Waals surface area contributed by atoms with Gasteiger partial charge in [-0.3, -0.25) is 4.90 Å². The Morgan fingerprint density at radius 3 is 2.50 bits per heavy atom. The molecule has 0 aliphatic carbocycles. The second-order valence-corrected chi connectivity index (χ2v) is 7.66. The van der Waals surface area contributed by atoms with Crippen molar-refractivity contribution in [1.82, 2.24) is 9.21 Å². The molecule has 0 aromatic heterocycles. The molecule has 1 saturated heterocycles. The molecule has 1 aliphatic heterocycles. The van der Waals surface area contributed by atoms with E-state index in [1.807, 2.05) is 20.9 Å². The third-order valence-corrected chi connectivity index (χ3v) is 5.79. The van der Waals surface area contributed by atoms with E-state index >= 15 is 0 Å². The van der Waals surface area contributed by atoms with Crippen molar-refractivity contribution in [2.45, 2.75) is 24.3 Å². The number of sulfonamides is 1. The predicted octanol–water partition coefficient (Wildman–Crippen LogP) is 1.12. The van der Waals surface area contributed by atoms with E-state index in [1.165, 1.54) is 10.4 Å². The molecule has 0 unspecified atom stereocenters. The molecule has 7 heteroatoms. The van der Waals surface area contributed by atoms with Gasteiger partial charge in [-0.2, -0.15) is 4.31 Å². The number of likely N-dealkylation sites (N-methyl/N-ethyl adjacent to an activating group) is 1. The highest BCUT2D eigenvalue weighted by Gasteiger charge is 2.37. The summed E-state index contributed by atoms with van der Waals surface area (Å²) < 4.78 is 39.7. The van der Waals surface area contributed by atoms with Gasteiger partial charge in [-0.25, -0.2) is 12.8 Å². The molecule has 20 heavy (non-hydrogen) atoms. The number of piperazine rings is 1. The summed E-state index contributed by atoms with van der Waals surface area (Å²) in [5, 5.41) is 0. The number of nitrogens with zero attached hydrogens (tertiary/aromatic N) is 2. The first kappa shape index (κ1) is 15.2. The monoisotopic (exact) mass is 301 g/mol. The first-order valence-corrected chi connectivity index (χ1v) is 7.85. The predicted molar refractivity (Wildman–Crippen MR) is 76.3 cm³/mol. The van der Waals surface area contributed by atoms with Gasteiger partial charge >= 0.3 is 0 Å². The summed E-state index contributed by atoms with van der Waals surface area (Å²) in [5.74, 6) is -0.542. The van der Waals surface area contributed by atoms with E-state index in [9.17, 15) is 12.8 Å². The van der Waals surface area contributed by atoms with E-state index in [4.69, 9.17) is 5.73 Å². The topological polar surface area (TPSA) is 66.6 Å². The smallest absolute Gasteiger partial charge is 0.245 e. The molecule has 0 bridgehead atoms. The number of hydrogen-bond donors (Lipinski definition) is 1. The average molecular weight is 301 g/mol. The Kier molecular flexibility index (Phi) is 3.79. The average Bonchev–Trinajstić information content (AvgIpc) is 2.31. The highest BCUT2D eigenvalue weighted by molar-refractivity contribution is 7.89. The van der Waals surface area contributed by atoms with Crippen LogP contribution in [0.1, 0.15) is 13.8 Å². The second kappa shape index (κ2) is 4.98. The molecule has 1 aliphatic rings. The van der Waals surface area contributed by atoms with Gasteiger partial charge < -0.3 is 5.73 Å². The van der Waals surface area contributed by atoms with Gasteiger partial charge in [-0.15, -0.1) is 0 Å². The summed E-state index contributed by atoms with van der Waals surface area (Å²) in [6.07, 6.45) is 0. The standard InChI is InChI=1S/C13H20FN3O2S/c1-13(2)9-17(7-6-16(13)3)20(18,19)12-5-4-10(14)8-11(12)15/h4-5,8H,6-7,9,15H2,1-3H3. The van der Waals surface area contributed by atoms with Crippen molar-refractivity contribution in [3.8, 4) is 0 Å². The van der Waals surface area contributed by atoms with Crippen LogP contribution in [0.2, 0.25) is 0 Å². The number of anilines is 1. The SMILES string of the molecule is CN1CCN(S(=O)(=O)c2ccc(F)cc2N)CC1(C)C. The molecule has 0 atom stereocenters. The summed E-state index contributed by atoms with van der Waals surface area (Å²) in [4.78, 5) is 2.09. The van der Waals surface area contributed by atoms with Crippen LogP contribution in [-0.4, -0.2) is 49.8 Å². The maximum Gasteiger partial charge on any atom is 0.245 e. The molecule has 5 nitrogen and oxygen atoms in total. The molecule has 0 saturated carbocycles. The lowest BCUT2D eigenvalue weighted by Gasteiger charge is -2.44. The van der Waals surface area contributed by atoms with Crippen molar-refractivity contribution in [3.05, 3.63) is 24.0 Å².